The molecule has 0 N–H and O–H groups in total. The predicted octanol–water partition coefficient (Wildman–Crippen LogP) is 1.70. The van der Waals surface area contributed by atoms with Crippen molar-refractivity contribution in [3.05, 3.63) is 0 Å². The van der Waals surface area contributed by atoms with E-state index in [-0.39, 0.29) is 12.7 Å². The zero-order valence-corrected chi connectivity index (χ0v) is 13.0. The number of carbonyl (C=O) groups excluding carboxylic acids is 1. The number of hydrogen-bond acceptors (Lipinski definition) is 5. The van der Waals surface area contributed by atoms with Gasteiger partial charge in [0.1, 0.15) is 0 Å². The zero-order chi connectivity index (χ0) is 14.7. The second kappa shape index (κ2) is 6.22. The lowest BCUT2D eigenvalue weighted by Gasteiger charge is -2.32. The fraction of sp³-hybridized carbons (Fsp3) is 0.923. The second-order valence-corrected chi connectivity index (χ2v) is 8.19. The topological polar surface area (TPSA) is 69.7 Å². The third kappa shape index (κ3) is 3.28. The molecule has 0 aromatic heterocycles. The Balaban J connectivity index is 2.83. The smallest absolute Gasteiger partial charge is 0.326 e. The maximum absolute atomic E-state index is 12.6. The Morgan fingerprint density at radius 1 is 1.21 bits per heavy atom. The third-order valence-electron chi connectivity index (χ3n) is 3.87. The van der Waals surface area contributed by atoms with Gasteiger partial charge < -0.3 is 9.47 Å². The normalized spacial score (nSPS) is 25.1. The fourth-order valence-corrected chi connectivity index (χ4v) is 4.43. The highest BCUT2D eigenvalue weighted by Gasteiger charge is 2.48. The summed E-state index contributed by atoms with van der Waals surface area (Å²) in [6, 6.07) is 0. The van der Waals surface area contributed by atoms with Crippen LogP contribution in [0.25, 0.3) is 0 Å². The molecule has 0 heterocycles. The van der Waals surface area contributed by atoms with E-state index < -0.39 is 25.8 Å². The minimum Gasteiger partial charge on any atom is -0.465 e. The molecular weight excluding hydrogens is 268 g/mol. The Hall–Kier alpha value is -0.620. The van der Waals surface area contributed by atoms with Crippen molar-refractivity contribution >= 4 is 15.8 Å². The summed E-state index contributed by atoms with van der Waals surface area (Å²) in [6.07, 6.45) is 2.67. The summed E-state index contributed by atoms with van der Waals surface area (Å²) >= 11 is 0. The van der Waals surface area contributed by atoms with E-state index in [0.717, 1.165) is 12.8 Å². The van der Waals surface area contributed by atoms with Gasteiger partial charge in [-0.05, 0) is 46.5 Å². The highest BCUT2D eigenvalue weighted by atomic mass is 32.2. The van der Waals surface area contributed by atoms with Crippen LogP contribution in [-0.2, 0) is 24.1 Å². The average molecular weight is 292 g/mol. The first-order valence-electron chi connectivity index (χ1n) is 6.70. The second-order valence-electron chi connectivity index (χ2n) is 5.41. The molecule has 5 nitrogen and oxygen atoms in total. The van der Waals surface area contributed by atoms with E-state index in [1.54, 1.807) is 14.0 Å². The summed E-state index contributed by atoms with van der Waals surface area (Å²) in [5.74, 6) is -0.663. The van der Waals surface area contributed by atoms with Crippen molar-refractivity contribution in [2.24, 2.45) is 0 Å². The average Bonchev–Trinajstić information content (AvgIpc) is 2.38. The molecule has 1 aliphatic carbocycles. The number of rotatable bonds is 5. The summed E-state index contributed by atoms with van der Waals surface area (Å²) in [5, 5.41) is -0.474. The van der Waals surface area contributed by atoms with Gasteiger partial charge in [-0.15, -0.1) is 0 Å². The molecule has 112 valence electrons. The predicted molar refractivity (Wildman–Crippen MR) is 72.7 cm³/mol. The highest BCUT2D eigenvalue weighted by Crippen LogP contribution is 2.32. The lowest BCUT2D eigenvalue weighted by Crippen LogP contribution is -2.48. The molecule has 1 aliphatic rings. The van der Waals surface area contributed by atoms with Crippen LogP contribution >= 0.6 is 0 Å². The van der Waals surface area contributed by atoms with Gasteiger partial charge in [0.05, 0.1) is 18.0 Å². The quantitative estimate of drug-likeness (QED) is 0.721. The number of sulfone groups is 1. The van der Waals surface area contributed by atoms with Gasteiger partial charge in [-0.3, -0.25) is 4.79 Å². The van der Waals surface area contributed by atoms with Crippen molar-refractivity contribution in [1.29, 1.82) is 0 Å². The lowest BCUT2D eigenvalue weighted by atomic mass is 9.97. The Morgan fingerprint density at radius 2 is 1.74 bits per heavy atom. The van der Waals surface area contributed by atoms with Crippen LogP contribution in [0.2, 0.25) is 0 Å². The van der Waals surface area contributed by atoms with E-state index >= 15 is 0 Å². The van der Waals surface area contributed by atoms with Crippen molar-refractivity contribution in [2.45, 2.75) is 62.6 Å². The number of hydrogen-bond donors (Lipinski definition) is 0. The van der Waals surface area contributed by atoms with Gasteiger partial charge in [0, 0.05) is 7.11 Å². The van der Waals surface area contributed by atoms with E-state index in [1.807, 2.05) is 0 Å². The van der Waals surface area contributed by atoms with Gasteiger partial charge in [-0.1, -0.05) is 0 Å². The Kier molecular flexibility index (Phi) is 5.38. The van der Waals surface area contributed by atoms with E-state index in [2.05, 4.69) is 0 Å². The molecule has 0 aromatic carbocycles. The number of ether oxygens (including phenoxy) is 2. The molecule has 0 amide bonds. The minimum absolute atomic E-state index is 0.136. The Labute approximate surface area is 115 Å². The van der Waals surface area contributed by atoms with E-state index in [0.29, 0.717) is 12.8 Å². The van der Waals surface area contributed by atoms with Gasteiger partial charge in [0.2, 0.25) is 0 Å². The summed E-state index contributed by atoms with van der Waals surface area (Å²) in [6.45, 7) is 4.73. The SMILES string of the molecule is CCOC(=O)C(C)(C)S(=O)(=O)[C@H]1CC[C@H](OC)CC1. The van der Waals surface area contributed by atoms with Crippen LogP contribution in [-0.4, -0.2) is 44.2 Å². The van der Waals surface area contributed by atoms with Crippen molar-refractivity contribution < 1.29 is 22.7 Å². The monoisotopic (exact) mass is 292 g/mol. The summed E-state index contributed by atoms with van der Waals surface area (Å²) in [7, 11) is -1.90. The van der Waals surface area contributed by atoms with Crippen LogP contribution in [0.3, 0.4) is 0 Å². The molecule has 1 saturated carbocycles. The van der Waals surface area contributed by atoms with Crippen molar-refractivity contribution in [3.8, 4) is 0 Å². The first-order valence-corrected chi connectivity index (χ1v) is 8.25. The van der Waals surface area contributed by atoms with Gasteiger partial charge in [-0.25, -0.2) is 8.42 Å². The lowest BCUT2D eigenvalue weighted by molar-refractivity contribution is -0.145. The summed E-state index contributed by atoms with van der Waals surface area (Å²) < 4.78 is 33.8. The maximum atomic E-state index is 12.6. The number of methoxy groups -OCH3 is 1. The molecule has 0 radical (unpaired) electrons. The van der Waals surface area contributed by atoms with Crippen molar-refractivity contribution in [3.63, 3.8) is 0 Å². The molecule has 1 rings (SSSR count). The van der Waals surface area contributed by atoms with Crippen LogP contribution < -0.4 is 0 Å². The molecule has 0 aliphatic heterocycles. The number of carbonyl (C=O) groups is 1. The van der Waals surface area contributed by atoms with Crippen molar-refractivity contribution in [2.75, 3.05) is 13.7 Å². The molecule has 19 heavy (non-hydrogen) atoms. The molecule has 0 aromatic rings. The minimum atomic E-state index is -3.54. The molecule has 1 fully saturated rings. The first kappa shape index (κ1) is 16.4. The molecule has 0 spiro atoms. The van der Waals surface area contributed by atoms with Crippen LogP contribution in [0.4, 0.5) is 0 Å². The first-order chi connectivity index (χ1) is 8.77. The maximum Gasteiger partial charge on any atom is 0.326 e. The van der Waals surface area contributed by atoms with Crippen LogP contribution in [0, 0.1) is 0 Å². The fourth-order valence-electron chi connectivity index (χ4n) is 2.42. The standard InChI is InChI=1S/C13H24O5S/c1-5-18-12(14)13(2,3)19(15,16)11-8-6-10(17-4)7-9-11/h10-11H,5-9H2,1-4H3/t10-,11-. The van der Waals surface area contributed by atoms with Gasteiger partial charge >= 0.3 is 5.97 Å². The van der Waals surface area contributed by atoms with Gasteiger partial charge in [0.15, 0.2) is 14.6 Å². The molecule has 0 saturated heterocycles. The van der Waals surface area contributed by atoms with Gasteiger partial charge in [-0.2, -0.15) is 0 Å². The Bertz CT molecular complexity index is 405. The largest absolute Gasteiger partial charge is 0.465 e. The third-order valence-corrected chi connectivity index (χ3v) is 6.81. The Morgan fingerprint density at radius 3 is 2.16 bits per heavy atom. The summed E-state index contributed by atoms with van der Waals surface area (Å²) in [5.41, 5.74) is 0. The van der Waals surface area contributed by atoms with E-state index in [4.69, 9.17) is 9.47 Å². The summed E-state index contributed by atoms with van der Waals surface area (Å²) in [4.78, 5) is 11.8. The number of esters is 1. The van der Waals surface area contributed by atoms with E-state index in [1.165, 1.54) is 13.8 Å². The van der Waals surface area contributed by atoms with E-state index in [9.17, 15) is 13.2 Å². The van der Waals surface area contributed by atoms with Crippen LogP contribution in [0.1, 0.15) is 46.5 Å². The van der Waals surface area contributed by atoms with Crippen molar-refractivity contribution in [1.82, 2.24) is 0 Å². The highest BCUT2D eigenvalue weighted by molar-refractivity contribution is 7.94. The molecular formula is C13H24O5S. The molecule has 0 bridgehead atoms. The molecule has 6 heteroatoms. The van der Waals surface area contributed by atoms with Gasteiger partial charge in [0.25, 0.3) is 0 Å². The molecule has 0 atom stereocenters. The molecule has 0 unspecified atom stereocenters. The zero-order valence-electron chi connectivity index (χ0n) is 12.1. The van der Waals surface area contributed by atoms with Crippen LogP contribution in [0.15, 0.2) is 0 Å². The van der Waals surface area contributed by atoms with Crippen LogP contribution in [0.5, 0.6) is 0 Å².